The highest BCUT2D eigenvalue weighted by molar-refractivity contribution is 6.31. The van der Waals surface area contributed by atoms with Gasteiger partial charge in [0.15, 0.2) is 0 Å². The van der Waals surface area contributed by atoms with E-state index in [1.54, 1.807) is 62.8 Å². The van der Waals surface area contributed by atoms with Gasteiger partial charge in [0.25, 0.3) is 5.91 Å². The van der Waals surface area contributed by atoms with E-state index in [-0.39, 0.29) is 12.5 Å². The van der Waals surface area contributed by atoms with Gasteiger partial charge in [-0.3, -0.25) is 4.79 Å². The van der Waals surface area contributed by atoms with Crippen molar-refractivity contribution < 1.29 is 23.7 Å². The first-order valence-electron chi connectivity index (χ1n) is 10.1. The number of benzene rings is 3. The fraction of sp³-hybridized carbons (Fsp3) is 0.240. The molecule has 0 bridgehead atoms. The number of ether oxygens (including phenoxy) is 4. The summed E-state index contributed by atoms with van der Waals surface area (Å²) in [6.45, 7) is 4.56. The van der Waals surface area contributed by atoms with Gasteiger partial charge in [0.2, 0.25) is 0 Å². The van der Waals surface area contributed by atoms with Gasteiger partial charge in [0.05, 0.1) is 26.5 Å². The van der Waals surface area contributed by atoms with Crippen molar-refractivity contribution in [2.24, 2.45) is 0 Å². The third-order valence-electron chi connectivity index (χ3n) is 4.80. The zero-order chi connectivity index (χ0) is 23.1. The van der Waals surface area contributed by atoms with E-state index in [1.165, 1.54) is 0 Å². The first-order valence-corrected chi connectivity index (χ1v) is 10.5. The monoisotopic (exact) mass is 455 g/mol. The summed E-state index contributed by atoms with van der Waals surface area (Å²) in [5.74, 6) is 2.20. The van der Waals surface area contributed by atoms with Crippen LogP contribution in [-0.4, -0.2) is 26.7 Å². The quantitative estimate of drug-likeness (QED) is 0.435. The molecule has 0 aliphatic heterocycles. The fourth-order valence-electron chi connectivity index (χ4n) is 3.10. The topological polar surface area (TPSA) is 66.0 Å². The van der Waals surface area contributed by atoms with Crippen LogP contribution >= 0.6 is 11.6 Å². The highest BCUT2D eigenvalue weighted by Crippen LogP contribution is 2.30. The molecule has 6 nitrogen and oxygen atoms in total. The Morgan fingerprint density at radius 3 is 2.34 bits per heavy atom. The third-order valence-corrected chi connectivity index (χ3v) is 5.23. The number of hydrogen-bond acceptors (Lipinski definition) is 5. The Hall–Kier alpha value is -3.38. The molecular weight excluding hydrogens is 430 g/mol. The molecule has 0 heterocycles. The van der Waals surface area contributed by atoms with Crippen molar-refractivity contribution in [2.75, 3.05) is 26.1 Å². The molecule has 0 aromatic heterocycles. The highest BCUT2D eigenvalue weighted by Gasteiger charge is 2.14. The molecular formula is C25H26ClNO5. The maximum Gasteiger partial charge on any atom is 0.255 e. The molecule has 3 aromatic rings. The summed E-state index contributed by atoms with van der Waals surface area (Å²) in [4.78, 5) is 13.0. The van der Waals surface area contributed by atoms with Crippen molar-refractivity contribution in [3.05, 3.63) is 76.3 Å². The number of rotatable bonds is 9. The predicted octanol–water partition coefficient (Wildman–Crippen LogP) is 5.90. The van der Waals surface area contributed by atoms with Crippen LogP contribution in [0.3, 0.4) is 0 Å². The Balaban J connectivity index is 1.82. The molecule has 168 valence electrons. The van der Waals surface area contributed by atoms with E-state index in [9.17, 15) is 4.79 Å². The van der Waals surface area contributed by atoms with Gasteiger partial charge in [-0.2, -0.15) is 0 Å². The minimum absolute atomic E-state index is 0.236. The zero-order valence-corrected chi connectivity index (χ0v) is 19.3. The van der Waals surface area contributed by atoms with Gasteiger partial charge in [-0.25, -0.2) is 0 Å². The van der Waals surface area contributed by atoms with Crippen LogP contribution in [0.25, 0.3) is 0 Å². The molecule has 0 fully saturated rings. The predicted molar refractivity (Wildman–Crippen MR) is 126 cm³/mol. The Morgan fingerprint density at radius 1 is 0.906 bits per heavy atom. The van der Waals surface area contributed by atoms with Crippen LogP contribution in [0.5, 0.6) is 23.0 Å². The van der Waals surface area contributed by atoms with Crippen molar-refractivity contribution in [3.8, 4) is 23.0 Å². The molecule has 0 saturated heterocycles. The van der Waals surface area contributed by atoms with Gasteiger partial charge in [-0.1, -0.05) is 11.6 Å². The van der Waals surface area contributed by atoms with Gasteiger partial charge >= 0.3 is 0 Å². The number of hydrogen-bond donors (Lipinski definition) is 1. The van der Waals surface area contributed by atoms with E-state index in [2.05, 4.69) is 5.32 Å². The normalized spacial score (nSPS) is 10.4. The lowest BCUT2D eigenvalue weighted by Gasteiger charge is -2.15. The number of anilines is 1. The first kappa shape index (κ1) is 23.3. The molecule has 0 spiro atoms. The van der Waals surface area contributed by atoms with Crippen LogP contribution in [0.15, 0.2) is 54.6 Å². The van der Waals surface area contributed by atoms with Gasteiger partial charge in [0.1, 0.15) is 29.6 Å². The molecule has 3 rings (SSSR count). The lowest BCUT2D eigenvalue weighted by molar-refractivity contribution is 0.102. The maximum atomic E-state index is 13.0. The fourth-order valence-corrected chi connectivity index (χ4v) is 3.22. The summed E-state index contributed by atoms with van der Waals surface area (Å²) in [5, 5.41) is 3.56. The van der Waals surface area contributed by atoms with Crippen molar-refractivity contribution in [1.82, 2.24) is 0 Å². The Labute approximate surface area is 193 Å². The second-order valence-corrected chi connectivity index (χ2v) is 7.38. The standard InChI is InChI=1S/C25H26ClNO5/c1-5-31-23-10-6-17(13-18(23)15-32-20-7-9-21(26)16(2)12-20)25(28)27-22-14-19(29-3)8-11-24(22)30-4/h6-14H,5,15H2,1-4H3,(H,27,28). The van der Waals surface area contributed by atoms with Crippen LogP contribution in [0.4, 0.5) is 5.69 Å². The number of aryl methyl sites for hydroxylation is 1. The number of amides is 1. The molecule has 0 aliphatic rings. The van der Waals surface area contributed by atoms with Gasteiger partial charge in [-0.15, -0.1) is 0 Å². The van der Waals surface area contributed by atoms with Crippen molar-refractivity contribution >= 4 is 23.2 Å². The second kappa shape index (κ2) is 10.8. The molecule has 0 radical (unpaired) electrons. The molecule has 7 heteroatoms. The van der Waals surface area contributed by atoms with E-state index < -0.39 is 0 Å². The molecule has 0 saturated carbocycles. The van der Waals surface area contributed by atoms with E-state index >= 15 is 0 Å². The number of nitrogens with one attached hydrogen (secondary N) is 1. The Bertz CT molecular complexity index is 1100. The largest absolute Gasteiger partial charge is 0.497 e. The van der Waals surface area contributed by atoms with Crippen molar-refractivity contribution in [2.45, 2.75) is 20.5 Å². The molecule has 32 heavy (non-hydrogen) atoms. The molecule has 3 aromatic carbocycles. The van der Waals surface area contributed by atoms with Gasteiger partial charge in [0, 0.05) is 22.2 Å². The zero-order valence-electron chi connectivity index (χ0n) is 18.5. The van der Waals surface area contributed by atoms with Crippen molar-refractivity contribution in [1.29, 1.82) is 0 Å². The van der Waals surface area contributed by atoms with E-state index in [0.29, 0.717) is 45.9 Å². The van der Waals surface area contributed by atoms with Crippen LogP contribution in [0.2, 0.25) is 5.02 Å². The summed E-state index contributed by atoms with van der Waals surface area (Å²) < 4.78 is 22.2. The van der Waals surface area contributed by atoms with E-state index in [1.807, 2.05) is 19.9 Å². The average molecular weight is 456 g/mol. The van der Waals surface area contributed by atoms with E-state index in [0.717, 1.165) is 11.1 Å². The Kier molecular flexibility index (Phi) is 7.84. The molecule has 1 amide bonds. The number of carbonyl (C=O) groups is 1. The maximum absolute atomic E-state index is 13.0. The average Bonchev–Trinajstić information content (AvgIpc) is 2.80. The van der Waals surface area contributed by atoms with Crippen LogP contribution < -0.4 is 24.3 Å². The van der Waals surface area contributed by atoms with Gasteiger partial charge < -0.3 is 24.3 Å². The summed E-state index contributed by atoms with van der Waals surface area (Å²) in [6, 6.07) is 15.9. The lowest BCUT2D eigenvalue weighted by Crippen LogP contribution is -2.14. The Morgan fingerprint density at radius 2 is 1.66 bits per heavy atom. The van der Waals surface area contributed by atoms with Crippen LogP contribution in [-0.2, 0) is 6.61 Å². The summed E-state index contributed by atoms with van der Waals surface area (Å²) in [5.41, 5.74) is 2.66. The highest BCUT2D eigenvalue weighted by atomic mass is 35.5. The number of halogens is 1. The minimum Gasteiger partial charge on any atom is -0.497 e. The van der Waals surface area contributed by atoms with E-state index in [4.69, 9.17) is 30.5 Å². The SMILES string of the molecule is CCOc1ccc(C(=O)Nc2cc(OC)ccc2OC)cc1COc1ccc(Cl)c(C)c1. The first-order chi connectivity index (χ1) is 15.4. The summed E-state index contributed by atoms with van der Waals surface area (Å²) in [6.07, 6.45) is 0. The molecule has 1 N–H and O–H groups in total. The van der Waals surface area contributed by atoms with Crippen molar-refractivity contribution in [3.63, 3.8) is 0 Å². The third kappa shape index (κ3) is 5.65. The lowest BCUT2D eigenvalue weighted by atomic mass is 10.1. The van der Waals surface area contributed by atoms with Crippen LogP contribution in [0.1, 0.15) is 28.4 Å². The minimum atomic E-state index is -0.289. The number of methoxy groups -OCH3 is 2. The number of carbonyl (C=O) groups excluding carboxylic acids is 1. The second-order valence-electron chi connectivity index (χ2n) is 6.98. The van der Waals surface area contributed by atoms with Gasteiger partial charge in [-0.05, 0) is 67.9 Å². The molecule has 0 atom stereocenters. The molecule has 0 aliphatic carbocycles. The summed E-state index contributed by atoms with van der Waals surface area (Å²) >= 11 is 6.09. The summed E-state index contributed by atoms with van der Waals surface area (Å²) in [7, 11) is 3.11. The molecule has 0 unspecified atom stereocenters. The smallest absolute Gasteiger partial charge is 0.255 e. The van der Waals surface area contributed by atoms with Crippen LogP contribution in [0, 0.1) is 6.92 Å².